The van der Waals surface area contributed by atoms with Crippen molar-refractivity contribution in [1.29, 1.82) is 0 Å². The van der Waals surface area contributed by atoms with Gasteiger partial charge in [-0.2, -0.15) is 5.10 Å². The number of nitrogens with one attached hydrogen (secondary N) is 2. The number of carbonyl (C=O) groups is 1. The Labute approximate surface area is 173 Å². The van der Waals surface area contributed by atoms with E-state index in [1.807, 2.05) is 43.3 Å². The zero-order chi connectivity index (χ0) is 20.7. The van der Waals surface area contributed by atoms with Crippen LogP contribution in [0.15, 0.2) is 87.0 Å². The molecule has 0 fully saturated rings. The molecule has 2 N–H and O–H groups in total. The van der Waals surface area contributed by atoms with Gasteiger partial charge in [0.25, 0.3) is 15.9 Å². The Hall–Kier alpha value is -3.23. The largest absolute Gasteiger partial charge is 0.278 e. The minimum absolute atomic E-state index is 0.174. The van der Waals surface area contributed by atoms with Gasteiger partial charge < -0.3 is 0 Å². The Morgan fingerprint density at radius 1 is 1.00 bits per heavy atom. The van der Waals surface area contributed by atoms with Crippen LogP contribution in [0.2, 0.25) is 0 Å². The first kappa shape index (κ1) is 20.5. The van der Waals surface area contributed by atoms with Crippen LogP contribution in [0.4, 0.5) is 5.69 Å². The number of thiophene rings is 1. The van der Waals surface area contributed by atoms with E-state index >= 15 is 0 Å². The Morgan fingerprint density at radius 3 is 2.45 bits per heavy atom. The number of hydrazone groups is 1. The van der Waals surface area contributed by atoms with Crippen molar-refractivity contribution >= 4 is 45.2 Å². The van der Waals surface area contributed by atoms with Crippen LogP contribution in [0.3, 0.4) is 0 Å². The van der Waals surface area contributed by atoms with E-state index in [0.717, 1.165) is 22.5 Å². The van der Waals surface area contributed by atoms with E-state index in [1.54, 1.807) is 23.6 Å². The number of benzene rings is 2. The second-order valence-electron chi connectivity index (χ2n) is 6.08. The summed E-state index contributed by atoms with van der Waals surface area (Å²) in [6.45, 7) is 1.87. The highest BCUT2D eigenvalue weighted by Crippen LogP contribution is 2.22. The molecule has 0 unspecified atom stereocenters. The molecule has 6 nitrogen and oxygen atoms in total. The van der Waals surface area contributed by atoms with E-state index in [0.29, 0.717) is 0 Å². The van der Waals surface area contributed by atoms with Crippen LogP contribution >= 0.6 is 11.3 Å². The number of rotatable bonds is 7. The molecule has 1 amide bonds. The lowest BCUT2D eigenvalue weighted by Crippen LogP contribution is -2.21. The van der Waals surface area contributed by atoms with Gasteiger partial charge in [-0.05, 0) is 41.6 Å². The standard InChI is InChI=1S/C21H19N3O3S2/c1-16(14-17-8-3-2-4-9-17)15-22-23-21(25)18-10-5-6-11-19(18)24-29(26,27)20-12-7-13-28-20/h2-15,24H,1H3,(H,23,25)/b16-14+,22-15+. The van der Waals surface area contributed by atoms with Gasteiger partial charge in [-0.3, -0.25) is 9.52 Å². The number of para-hydroxylation sites is 1. The molecule has 148 valence electrons. The molecule has 1 aromatic heterocycles. The lowest BCUT2D eigenvalue weighted by Gasteiger charge is -2.10. The van der Waals surface area contributed by atoms with Gasteiger partial charge in [0.05, 0.1) is 17.5 Å². The van der Waals surface area contributed by atoms with Crippen LogP contribution in [-0.4, -0.2) is 20.5 Å². The van der Waals surface area contributed by atoms with Gasteiger partial charge in [-0.15, -0.1) is 11.3 Å². The zero-order valence-electron chi connectivity index (χ0n) is 15.6. The molecule has 0 radical (unpaired) electrons. The summed E-state index contributed by atoms with van der Waals surface area (Å²) in [7, 11) is -3.75. The minimum atomic E-state index is -3.75. The highest BCUT2D eigenvalue weighted by atomic mass is 32.2. The summed E-state index contributed by atoms with van der Waals surface area (Å²) in [4.78, 5) is 12.5. The molecule has 0 aliphatic carbocycles. The van der Waals surface area contributed by atoms with Gasteiger partial charge >= 0.3 is 0 Å². The number of sulfonamides is 1. The molecule has 3 aromatic rings. The molecule has 0 spiro atoms. The molecule has 0 saturated heterocycles. The summed E-state index contributed by atoms with van der Waals surface area (Å²) in [5, 5.41) is 5.64. The summed E-state index contributed by atoms with van der Waals surface area (Å²) in [5.74, 6) is -0.516. The first-order valence-corrected chi connectivity index (χ1v) is 11.0. The molecule has 0 atom stereocenters. The monoisotopic (exact) mass is 425 g/mol. The molecular formula is C21H19N3O3S2. The van der Waals surface area contributed by atoms with Crippen molar-refractivity contribution in [3.05, 3.63) is 88.8 Å². The summed E-state index contributed by atoms with van der Waals surface area (Å²) < 4.78 is 27.5. The smallest absolute Gasteiger partial charge is 0.273 e. The fourth-order valence-corrected chi connectivity index (χ4v) is 4.56. The average Bonchev–Trinajstić information content (AvgIpc) is 3.25. The molecule has 2 aromatic carbocycles. The van der Waals surface area contributed by atoms with Crippen molar-refractivity contribution in [2.24, 2.45) is 5.10 Å². The molecule has 8 heteroatoms. The Bertz CT molecular complexity index is 1140. The van der Waals surface area contributed by atoms with Crippen LogP contribution in [0.25, 0.3) is 6.08 Å². The van der Waals surface area contributed by atoms with Gasteiger partial charge in [0.2, 0.25) is 0 Å². The number of nitrogens with zero attached hydrogens (tertiary/aromatic N) is 1. The van der Waals surface area contributed by atoms with Crippen LogP contribution in [0.1, 0.15) is 22.8 Å². The first-order chi connectivity index (χ1) is 14.0. The summed E-state index contributed by atoms with van der Waals surface area (Å²) in [6.07, 6.45) is 3.46. The second-order valence-corrected chi connectivity index (χ2v) is 8.94. The summed E-state index contributed by atoms with van der Waals surface area (Å²) >= 11 is 1.10. The molecule has 1 heterocycles. The van der Waals surface area contributed by atoms with Crippen LogP contribution in [-0.2, 0) is 10.0 Å². The number of amides is 1. The topological polar surface area (TPSA) is 87.6 Å². The number of allylic oxidation sites excluding steroid dienone is 1. The van der Waals surface area contributed by atoms with Crippen LogP contribution in [0.5, 0.6) is 0 Å². The maximum Gasteiger partial charge on any atom is 0.273 e. The SMILES string of the molecule is CC(/C=N/NC(=O)c1ccccc1NS(=O)(=O)c1cccs1)=C\c1ccccc1. The van der Waals surface area contributed by atoms with Crippen molar-refractivity contribution in [3.63, 3.8) is 0 Å². The number of hydrogen-bond acceptors (Lipinski definition) is 5. The molecule has 0 aliphatic rings. The lowest BCUT2D eigenvalue weighted by molar-refractivity contribution is 0.0956. The Kier molecular flexibility index (Phi) is 6.58. The first-order valence-electron chi connectivity index (χ1n) is 8.68. The fourth-order valence-electron chi connectivity index (χ4n) is 2.48. The Balaban J connectivity index is 1.71. The molecule has 0 bridgehead atoms. The summed E-state index contributed by atoms with van der Waals surface area (Å²) in [6, 6.07) is 19.3. The zero-order valence-corrected chi connectivity index (χ0v) is 17.2. The van der Waals surface area contributed by atoms with E-state index in [4.69, 9.17) is 0 Å². The van der Waals surface area contributed by atoms with E-state index in [-0.39, 0.29) is 15.5 Å². The molecular weight excluding hydrogens is 406 g/mol. The van der Waals surface area contributed by atoms with Gasteiger partial charge in [-0.25, -0.2) is 13.8 Å². The highest BCUT2D eigenvalue weighted by Gasteiger charge is 2.19. The van der Waals surface area contributed by atoms with E-state index in [1.165, 1.54) is 24.4 Å². The van der Waals surface area contributed by atoms with Gasteiger partial charge in [0.1, 0.15) is 4.21 Å². The molecule has 0 aliphatic heterocycles. The third kappa shape index (κ3) is 5.63. The highest BCUT2D eigenvalue weighted by molar-refractivity contribution is 7.94. The predicted molar refractivity (Wildman–Crippen MR) is 118 cm³/mol. The molecule has 29 heavy (non-hydrogen) atoms. The normalized spacial score (nSPS) is 12.1. The number of hydrogen-bond donors (Lipinski definition) is 2. The van der Waals surface area contributed by atoms with Gasteiger partial charge in [0, 0.05) is 0 Å². The Morgan fingerprint density at radius 2 is 1.72 bits per heavy atom. The third-order valence-electron chi connectivity index (χ3n) is 3.80. The van der Waals surface area contributed by atoms with E-state index < -0.39 is 15.9 Å². The lowest BCUT2D eigenvalue weighted by atomic mass is 10.1. The van der Waals surface area contributed by atoms with Crippen molar-refractivity contribution in [3.8, 4) is 0 Å². The fraction of sp³-hybridized carbons (Fsp3) is 0.0476. The molecule has 3 rings (SSSR count). The number of anilines is 1. The van der Waals surface area contributed by atoms with Gasteiger partial charge in [0.15, 0.2) is 0 Å². The van der Waals surface area contributed by atoms with E-state index in [2.05, 4.69) is 15.2 Å². The number of carbonyl (C=O) groups excluding carboxylic acids is 1. The maximum atomic E-state index is 12.5. The molecule has 0 saturated carbocycles. The van der Waals surface area contributed by atoms with Crippen molar-refractivity contribution < 1.29 is 13.2 Å². The van der Waals surface area contributed by atoms with Crippen molar-refractivity contribution in [2.75, 3.05) is 4.72 Å². The summed E-state index contributed by atoms with van der Waals surface area (Å²) in [5.41, 5.74) is 4.67. The van der Waals surface area contributed by atoms with Crippen LogP contribution < -0.4 is 10.1 Å². The van der Waals surface area contributed by atoms with Crippen LogP contribution in [0, 0.1) is 0 Å². The minimum Gasteiger partial charge on any atom is -0.278 e. The predicted octanol–water partition coefficient (Wildman–Crippen LogP) is 4.37. The van der Waals surface area contributed by atoms with Gasteiger partial charge in [-0.1, -0.05) is 54.6 Å². The maximum absolute atomic E-state index is 12.5. The second kappa shape index (κ2) is 9.31. The average molecular weight is 426 g/mol. The van der Waals surface area contributed by atoms with E-state index in [9.17, 15) is 13.2 Å². The van der Waals surface area contributed by atoms with Crippen molar-refractivity contribution in [2.45, 2.75) is 11.1 Å². The third-order valence-corrected chi connectivity index (χ3v) is 6.57. The quantitative estimate of drug-likeness (QED) is 0.435. The van der Waals surface area contributed by atoms with Crippen molar-refractivity contribution in [1.82, 2.24) is 5.43 Å².